The third kappa shape index (κ3) is 6.61. The van der Waals surface area contributed by atoms with E-state index in [1.165, 1.54) is 0 Å². The summed E-state index contributed by atoms with van der Waals surface area (Å²) in [5, 5.41) is 2.93. The first-order valence-electron chi connectivity index (χ1n) is 9.26. The number of carbonyl (C=O) groups is 1. The maximum atomic E-state index is 12.1. The van der Waals surface area contributed by atoms with Crippen LogP contribution in [0.4, 0.5) is 4.79 Å². The number of epoxide rings is 1. The minimum Gasteiger partial charge on any atom is -0.489 e. The Labute approximate surface area is 160 Å². The van der Waals surface area contributed by atoms with Gasteiger partial charge in [0, 0.05) is 0 Å². The summed E-state index contributed by atoms with van der Waals surface area (Å²) in [6.45, 7) is 6.73. The van der Waals surface area contributed by atoms with Gasteiger partial charge in [0.25, 0.3) is 0 Å². The number of alkyl carbamates (subject to hydrolysis) is 1. The molecule has 2 atom stereocenters. The van der Waals surface area contributed by atoms with E-state index in [-0.39, 0.29) is 12.1 Å². The normalized spacial score (nSPS) is 17.1. The van der Waals surface area contributed by atoms with E-state index in [4.69, 9.17) is 14.2 Å². The Hall–Kier alpha value is -2.53. The highest BCUT2D eigenvalue weighted by Crippen LogP contribution is 2.22. The zero-order valence-corrected chi connectivity index (χ0v) is 16.1. The average Bonchev–Trinajstić information content (AvgIpc) is 3.44. The highest BCUT2D eigenvalue weighted by atomic mass is 16.6. The molecule has 2 aromatic carbocycles. The molecule has 0 aliphatic carbocycles. The van der Waals surface area contributed by atoms with Crippen LogP contribution in [0.3, 0.4) is 0 Å². The predicted octanol–water partition coefficient (Wildman–Crippen LogP) is 4.10. The van der Waals surface area contributed by atoms with Crippen molar-refractivity contribution >= 4 is 6.09 Å². The van der Waals surface area contributed by atoms with E-state index < -0.39 is 11.7 Å². The zero-order valence-electron chi connectivity index (χ0n) is 16.1. The number of hydrogen-bond donors (Lipinski definition) is 1. The summed E-state index contributed by atoms with van der Waals surface area (Å²) in [6, 6.07) is 17.9. The minimum atomic E-state index is -0.524. The highest BCUT2D eigenvalue weighted by Gasteiger charge is 2.35. The second-order valence-electron chi connectivity index (χ2n) is 7.75. The molecule has 1 fully saturated rings. The van der Waals surface area contributed by atoms with Crippen LogP contribution >= 0.6 is 0 Å². The number of nitrogens with one attached hydrogen (secondary N) is 1. The molecule has 5 heteroatoms. The molecule has 1 N–H and O–H groups in total. The molecule has 5 nitrogen and oxygen atoms in total. The molecule has 1 aliphatic rings. The molecule has 0 aromatic heterocycles. The first-order valence-corrected chi connectivity index (χ1v) is 9.26. The van der Waals surface area contributed by atoms with Crippen LogP contribution in [-0.2, 0) is 22.5 Å². The van der Waals surface area contributed by atoms with Crippen molar-refractivity contribution in [3.8, 4) is 5.75 Å². The van der Waals surface area contributed by atoms with Gasteiger partial charge in [-0.2, -0.15) is 0 Å². The molecule has 3 rings (SSSR count). The first-order chi connectivity index (χ1) is 12.9. The van der Waals surface area contributed by atoms with Crippen LogP contribution in [0.15, 0.2) is 54.6 Å². The van der Waals surface area contributed by atoms with Gasteiger partial charge < -0.3 is 19.5 Å². The van der Waals surface area contributed by atoms with E-state index in [1.807, 2.05) is 75.4 Å². The van der Waals surface area contributed by atoms with E-state index in [0.29, 0.717) is 19.6 Å². The van der Waals surface area contributed by atoms with Crippen molar-refractivity contribution in [2.24, 2.45) is 0 Å². The third-order valence-corrected chi connectivity index (χ3v) is 4.11. The van der Waals surface area contributed by atoms with Gasteiger partial charge >= 0.3 is 6.09 Å². The van der Waals surface area contributed by atoms with Crippen molar-refractivity contribution in [1.29, 1.82) is 0 Å². The van der Waals surface area contributed by atoms with Crippen LogP contribution in [0.2, 0.25) is 0 Å². The summed E-state index contributed by atoms with van der Waals surface area (Å²) >= 11 is 0. The van der Waals surface area contributed by atoms with E-state index in [0.717, 1.165) is 16.9 Å². The van der Waals surface area contributed by atoms with Gasteiger partial charge in [0.1, 0.15) is 24.1 Å². The van der Waals surface area contributed by atoms with Crippen molar-refractivity contribution in [1.82, 2.24) is 5.32 Å². The first kappa shape index (κ1) is 19.2. The number of ether oxygens (including phenoxy) is 3. The third-order valence-electron chi connectivity index (χ3n) is 4.11. The van der Waals surface area contributed by atoms with E-state index >= 15 is 0 Å². The largest absolute Gasteiger partial charge is 0.489 e. The van der Waals surface area contributed by atoms with Crippen LogP contribution in [0.5, 0.6) is 5.75 Å². The van der Waals surface area contributed by atoms with E-state index in [1.54, 1.807) is 0 Å². The van der Waals surface area contributed by atoms with Gasteiger partial charge in [-0.1, -0.05) is 42.5 Å². The highest BCUT2D eigenvalue weighted by molar-refractivity contribution is 5.68. The number of rotatable bonds is 7. The Morgan fingerprint density at radius 3 is 2.52 bits per heavy atom. The predicted molar refractivity (Wildman–Crippen MR) is 104 cm³/mol. The fraction of sp³-hybridized carbons (Fsp3) is 0.409. The number of hydrogen-bond acceptors (Lipinski definition) is 4. The van der Waals surface area contributed by atoms with Gasteiger partial charge in [-0.25, -0.2) is 4.79 Å². The lowest BCUT2D eigenvalue weighted by molar-refractivity contribution is 0.0495. The van der Waals surface area contributed by atoms with Gasteiger partial charge in [0.2, 0.25) is 0 Å². The molecule has 27 heavy (non-hydrogen) atoms. The fourth-order valence-corrected chi connectivity index (χ4v) is 2.78. The van der Waals surface area contributed by atoms with Crippen LogP contribution < -0.4 is 10.1 Å². The Kier molecular flexibility index (Phi) is 6.01. The van der Waals surface area contributed by atoms with Crippen LogP contribution in [0, 0.1) is 0 Å². The molecular formula is C22H27NO4. The molecule has 1 amide bonds. The lowest BCUT2D eigenvalue weighted by Gasteiger charge is -2.23. The van der Waals surface area contributed by atoms with E-state index in [9.17, 15) is 4.79 Å². The maximum absolute atomic E-state index is 12.1. The van der Waals surface area contributed by atoms with Gasteiger partial charge in [0.15, 0.2) is 0 Å². The summed E-state index contributed by atoms with van der Waals surface area (Å²) < 4.78 is 16.7. The van der Waals surface area contributed by atoms with E-state index in [2.05, 4.69) is 5.32 Å². The standard InChI is InChI=1S/C22H27NO4/c1-22(2,3)27-21(24)23-19(20-15-26-20)13-17-10-7-11-18(12-17)25-14-16-8-5-4-6-9-16/h4-12,19-20H,13-15H2,1-3H3,(H,23,24)/t19-,20?/m0/s1. The van der Waals surface area contributed by atoms with Crippen LogP contribution in [-0.4, -0.2) is 30.4 Å². The molecule has 0 saturated carbocycles. The molecule has 1 heterocycles. The number of carbonyl (C=O) groups excluding carboxylic acids is 1. The summed E-state index contributed by atoms with van der Waals surface area (Å²) in [5.74, 6) is 0.809. The quantitative estimate of drug-likeness (QED) is 0.747. The van der Waals surface area contributed by atoms with Gasteiger partial charge in [0.05, 0.1) is 12.6 Å². The smallest absolute Gasteiger partial charge is 0.407 e. The molecule has 144 valence electrons. The van der Waals surface area contributed by atoms with Gasteiger partial charge in [-0.05, 0) is 50.5 Å². The average molecular weight is 369 g/mol. The SMILES string of the molecule is CC(C)(C)OC(=O)N[C@@H](Cc1cccc(OCc2ccccc2)c1)C1CO1. The number of benzene rings is 2. The van der Waals surface area contributed by atoms with Crippen molar-refractivity contribution in [2.75, 3.05) is 6.61 Å². The Morgan fingerprint density at radius 2 is 1.85 bits per heavy atom. The Balaban J connectivity index is 1.58. The summed E-state index contributed by atoms with van der Waals surface area (Å²) in [4.78, 5) is 12.1. The van der Waals surface area contributed by atoms with Gasteiger partial charge in [-0.15, -0.1) is 0 Å². The molecule has 1 unspecified atom stereocenters. The lowest BCUT2D eigenvalue weighted by atomic mass is 10.0. The molecule has 1 aliphatic heterocycles. The molecule has 1 saturated heterocycles. The Morgan fingerprint density at radius 1 is 1.15 bits per heavy atom. The second kappa shape index (κ2) is 8.44. The summed E-state index contributed by atoms with van der Waals surface area (Å²) in [6.07, 6.45) is 0.276. The monoisotopic (exact) mass is 369 g/mol. The topological polar surface area (TPSA) is 60.1 Å². The molecule has 0 bridgehead atoms. The van der Waals surface area contributed by atoms with Crippen LogP contribution in [0.25, 0.3) is 0 Å². The zero-order chi connectivity index (χ0) is 19.3. The fourth-order valence-electron chi connectivity index (χ4n) is 2.78. The van der Waals surface area contributed by atoms with Crippen molar-refractivity contribution in [2.45, 2.75) is 51.5 Å². The molecular weight excluding hydrogens is 342 g/mol. The Bertz CT molecular complexity index is 750. The summed E-state index contributed by atoms with van der Waals surface area (Å²) in [5.41, 5.74) is 1.68. The number of amides is 1. The maximum Gasteiger partial charge on any atom is 0.407 e. The molecule has 0 spiro atoms. The minimum absolute atomic E-state index is 0.0337. The van der Waals surface area contributed by atoms with Crippen molar-refractivity contribution in [3.05, 3.63) is 65.7 Å². The lowest BCUT2D eigenvalue weighted by Crippen LogP contribution is -2.43. The van der Waals surface area contributed by atoms with Crippen molar-refractivity contribution < 1.29 is 19.0 Å². The second-order valence-corrected chi connectivity index (χ2v) is 7.75. The van der Waals surface area contributed by atoms with Gasteiger partial charge in [-0.3, -0.25) is 0 Å². The molecule has 0 radical (unpaired) electrons. The van der Waals surface area contributed by atoms with Crippen LogP contribution in [0.1, 0.15) is 31.9 Å². The summed E-state index contributed by atoms with van der Waals surface area (Å²) in [7, 11) is 0. The van der Waals surface area contributed by atoms with Crippen molar-refractivity contribution in [3.63, 3.8) is 0 Å². The molecule has 2 aromatic rings.